The van der Waals surface area contributed by atoms with Crippen molar-refractivity contribution in [1.29, 1.82) is 0 Å². The fourth-order valence-corrected chi connectivity index (χ4v) is 3.34. The normalized spacial score (nSPS) is 18.5. The monoisotopic (exact) mass is 290 g/mol. The Morgan fingerprint density at radius 2 is 2.05 bits per heavy atom. The van der Waals surface area contributed by atoms with E-state index in [9.17, 15) is 13.2 Å². The molecule has 1 aliphatic rings. The fraction of sp³-hybridized carbons (Fsp3) is 0.615. The highest BCUT2D eigenvalue weighted by Crippen LogP contribution is 2.40. The van der Waals surface area contributed by atoms with Gasteiger partial charge in [-0.1, -0.05) is 12.8 Å². The van der Waals surface area contributed by atoms with Gasteiger partial charge in [-0.3, -0.25) is 0 Å². The van der Waals surface area contributed by atoms with E-state index in [2.05, 4.69) is 16.6 Å². The molecule has 1 N–H and O–H groups in total. The molecule has 1 aromatic heterocycles. The number of alkyl halides is 3. The summed E-state index contributed by atoms with van der Waals surface area (Å²) in [5.41, 5.74) is -0.658. The van der Waals surface area contributed by atoms with Crippen molar-refractivity contribution >= 4 is 17.6 Å². The number of aromatic nitrogens is 1. The summed E-state index contributed by atoms with van der Waals surface area (Å²) in [5.74, 6) is 0.301. The number of anilines is 1. The molecule has 19 heavy (non-hydrogen) atoms. The molecule has 0 aliphatic heterocycles. The second-order valence-corrected chi connectivity index (χ2v) is 6.15. The number of nitrogens with one attached hydrogen (secondary N) is 1. The lowest BCUT2D eigenvalue weighted by Gasteiger charge is -2.27. The van der Waals surface area contributed by atoms with Crippen LogP contribution < -0.4 is 5.32 Å². The maximum Gasteiger partial charge on any atom is 0.416 e. The van der Waals surface area contributed by atoms with Crippen LogP contribution in [0.2, 0.25) is 0 Å². The Bertz CT molecular complexity index is 428. The molecule has 0 spiro atoms. The van der Waals surface area contributed by atoms with Crippen LogP contribution in [0.25, 0.3) is 0 Å². The van der Waals surface area contributed by atoms with E-state index < -0.39 is 11.7 Å². The van der Waals surface area contributed by atoms with E-state index >= 15 is 0 Å². The van der Waals surface area contributed by atoms with Crippen LogP contribution in [0.3, 0.4) is 0 Å². The van der Waals surface area contributed by atoms with Gasteiger partial charge in [-0.05, 0) is 31.2 Å². The maximum atomic E-state index is 12.6. The van der Waals surface area contributed by atoms with Crippen LogP contribution >= 0.6 is 11.8 Å². The highest BCUT2D eigenvalue weighted by molar-refractivity contribution is 8.00. The fourth-order valence-electron chi connectivity index (χ4n) is 2.43. The van der Waals surface area contributed by atoms with Gasteiger partial charge in [0.2, 0.25) is 0 Å². The molecule has 0 radical (unpaired) electrons. The highest BCUT2D eigenvalue weighted by atomic mass is 32.2. The molecule has 0 atom stereocenters. The molecular weight excluding hydrogens is 273 g/mol. The van der Waals surface area contributed by atoms with Crippen LogP contribution in [-0.4, -0.2) is 22.5 Å². The van der Waals surface area contributed by atoms with Crippen molar-refractivity contribution in [1.82, 2.24) is 4.98 Å². The van der Waals surface area contributed by atoms with E-state index in [-0.39, 0.29) is 4.75 Å². The van der Waals surface area contributed by atoms with Crippen LogP contribution in [0.15, 0.2) is 18.3 Å². The van der Waals surface area contributed by atoms with Crippen molar-refractivity contribution in [3.8, 4) is 0 Å². The Balaban J connectivity index is 2.03. The Kier molecular flexibility index (Phi) is 4.28. The summed E-state index contributed by atoms with van der Waals surface area (Å²) < 4.78 is 37.9. The number of halogens is 3. The van der Waals surface area contributed by atoms with Gasteiger partial charge < -0.3 is 5.32 Å². The van der Waals surface area contributed by atoms with Gasteiger partial charge in [-0.2, -0.15) is 24.9 Å². The average Bonchev–Trinajstić information content (AvgIpc) is 2.85. The molecule has 1 aromatic rings. The first-order chi connectivity index (χ1) is 8.95. The van der Waals surface area contributed by atoms with Crippen LogP contribution in [0, 0.1) is 0 Å². The lowest BCUT2D eigenvalue weighted by Crippen LogP contribution is -2.30. The van der Waals surface area contributed by atoms with E-state index in [0.29, 0.717) is 12.4 Å². The minimum atomic E-state index is -4.32. The molecule has 2 nitrogen and oxygen atoms in total. The van der Waals surface area contributed by atoms with Crippen molar-refractivity contribution in [2.45, 2.75) is 36.6 Å². The summed E-state index contributed by atoms with van der Waals surface area (Å²) in [7, 11) is 0. The Morgan fingerprint density at radius 3 is 2.63 bits per heavy atom. The van der Waals surface area contributed by atoms with Gasteiger partial charge in [0.25, 0.3) is 0 Å². The third kappa shape index (κ3) is 3.55. The van der Waals surface area contributed by atoms with Gasteiger partial charge in [0.1, 0.15) is 5.82 Å². The minimum Gasteiger partial charge on any atom is -0.369 e. The van der Waals surface area contributed by atoms with Gasteiger partial charge >= 0.3 is 6.18 Å². The topological polar surface area (TPSA) is 24.9 Å². The van der Waals surface area contributed by atoms with Crippen LogP contribution in [0.1, 0.15) is 31.2 Å². The van der Waals surface area contributed by atoms with Crippen LogP contribution in [0.5, 0.6) is 0 Å². The standard InChI is InChI=1S/C13H17F3N2S/c1-19-12(5-2-3-6-12)9-18-11-8-10(4-7-17-11)13(14,15)16/h4,7-8H,2-3,5-6,9H2,1H3,(H,17,18). The highest BCUT2D eigenvalue weighted by Gasteiger charge is 2.33. The van der Waals surface area contributed by atoms with E-state index in [4.69, 9.17) is 0 Å². The summed E-state index contributed by atoms with van der Waals surface area (Å²) in [6.45, 7) is 0.669. The van der Waals surface area contributed by atoms with Crippen molar-refractivity contribution in [2.75, 3.05) is 18.1 Å². The quantitative estimate of drug-likeness (QED) is 0.900. The molecule has 2 rings (SSSR count). The number of thioether (sulfide) groups is 1. The molecule has 6 heteroatoms. The molecule has 0 aromatic carbocycles. The first-order valence-electron chi connectivity index (χ1n) is 6.27. The van der Waals surface area contributed by atoms with Crippen molar-refractivity contribution in [3.63, 3.8) is 0 Å². The SMILES string of the molecule is CSC1(CNc2cc(C(F)(F)F)ccn2)CCCC1. The van der Waals surface area contributed by atoms with E-state index in [1.54, 1.807) is 11.8 Å². The maximum absolute atomic E-state index is 12.6. The molecule has 0 amide bonds. The van der Waals surface area contributed by atoms with E-state index in [0.717, 1.165) is 25.0 Å². The summed E-state index contributed by atoms with van der Waals surface area (Å²) in [5, 5.41) is 3.06. The molecule has 1 aliphatic carbocycles. The summed E-state index contributed by atoms with van der Waals surface area (Å²) in [4.78, 5) is 3.96. The Hall–Kier alpha value is -0.910. The van der Waals surface area contributed by atoms with Crippen molar-refractivity contribution < 1.29 is 13.2 Å². The van der Waals surface area contributed by atoms with Gasteiger partial charge in [0.15, 0.2) is 0 Å². The molecular formula is C13H17F3N2S. The largest absolute Gasteiger partial charge is 0.416 e. The van der Waals surface area contributed by atoms with Crippen LogP contribution in [-0.2, 0) is 6.18 Å². The Morgan fingerprint density at radius 1 is 1.37 bits per heavy atom. The van der Waals surface area contributed by atoms with Crippen molar-refractivity contribution in [3.05, 3.63) is 23.9 Å². The lowest BCUT2D eigenvalue weighted by molar-refractivity contribution is -0.137. The zero-order valence-corrected chi connectivity index (χ0v) is 11.6. The first-order valence-corrected chi connectivity index (χ1v) is 7.50. The smallest absolute Gasteiger partial charge is 0.369 e. The number of rotatable bonds is 4. The predicted octanol–water partition coefficient (Wildman–Crippen LogP) is 4.19. The molecule has 1 heterocycles. The van der Waals surface area contributed by atoms with E-state index in [1.807, 2.05) is 0 Å². The first kappa shape index (κ1) is 14.5. The molecule has 1 saturated carbocycles. The van der Waals surface area contributed by atoms with Gasteiger partial charge in [0, 0.05) is 17.5 Å². The van der Waals surface area contributed by atoms with Crippen LogP contribution in [0.4, 0.5) is 19.0 Å². The predicted molar refractivity (Wildman–Crippen MR) is 72.4 cm³/mol. The second-order valence-electron chi connectivity index (χ2n) is 4.88. The molecule has 1 fully saturated rings. The summed E-state index contributed by atoms with van der Waals surface area (Å²) >= 11 is 1.80. The number of hydrogen-bond acceptors (Lipinski definition) is 3. The Labute approximate surface area is 115 Å². The van der Waals surface area contributed by atoms with Gasteiger partial charge in [-0.25, -0.2) is 4.98 Å². The molecule has 0 saturated heterocycles. The number of hydrogen-bond donors (Lipinski definition) is 1. The average molecular weight is 290 g/mol. The third-order valence-corrected chi connectivity index (χ3v) is 5.05. The minimum absolute atomic E-state index is 0.149. The summed E-state index contributed by atoms with van der Waals surface area (Å²) in [6, 6.07) is 2.06. The molecule has 106 valence electrons. The van der Waals surface area contributed by atoms with Gasteiger partial charge in [-0.15, -0.1) is 0 Å². The lowest BCUT2D eigenvalue weighted by atomic mass is 10.1. The molecule has 0 unspecified atom stereocenters. The summed E-state index contributed by atoms with van der Waals surface area (Å²) in [6.07, 6.45) is 3.55. The second kappa shape index (κ2) is 5.61. The van der Waals surface area contributed by atoms with Gasteiger partial charge in [0.05, 0.1) is 5.56 Å². The molecule has 0 bridgehead atoms. The van der Waals surface area contributed by atoms with E-state index in [1.165, 1.54) is 19.0 Å². The number of nitrogens with zero attached hydrogens (tertiary/aromatic N) is 1. The zero-order chi connectivity index (χ0) is 13.9. The zero-order valence-electron chi connectivity index (χ0n) is 10.8. The number of pyridine rings is 1. The van der Waals surface area contributed by atoms with Crippen molar-refractivity contribution in [2.24, 2.45) is 0 Å². The third-order valence-electron chi connectivity index (χ3n) is 3.63.